The van der Waals surface area contributed by atoms with Crippen LogP contribution < -0.4 is 11.1 Å². The molecule has 0 aliphatic heterocycles. The number of hydrogen-bond acceptors (Lipinski definition) is 2. The van der Waals surface area contributed by atoms with Crippen molar-refractivity contribution in [1.29, 1.82) is 0 Å². The Morgan fingerprint density at radius 2 is 2.00 bits per heavy atom. The number of anilines is 1. The zero-order valence-electron chi connectivity index (χ0n) is 11.8. The standard InChI is InChI=1S/C14H18ClF3N2O/c1-8(2)5-9(7-19)13(21)20-10-3-4-12(15)11(6-10)14(16,17)18/h3-4,6,8-9H,5,7,19H2,1-2H3,(H,20,21). The highest BCUT2D eigenvalue weighted by Gasteiger charge is 2.33. The molecular formula is C14H18ClF3N2O. The molecule has 1 atom stereocenters. The van der Waals surface area contributed by atoms with Gasteiger partial charge in [-0.3, -0.25) is 4.79 Å². The smallest absolute Gasteiger partial charge is 0.330 e. The van der Waals surface area contributed by atoms with Gasteiger partial charge in [0.1, 0.15) is 0 Å². The van der Waals surface area contributed by atoms with Crippen molar-refractivity contribution in [2.24, 2.45) is 17.6 Å². The fourth-order valence-electron chi connectivity index (χ4n) is 1.94. The SMILES string of the molecule is CC(C)CC(CN)C(=O)Nc1ccc(Cl)c(C(F)(F)F)c1. The molecule has 0 heterocycles. The lowest BCUT2D eigenvalue weighted by atomic mass is 9.96. The molecule has 0 saturated heterocycles. The van der Waals surface area contributed by atoms with Crippen molar-refractivity contribution >= 4 is 23.2 Å². The number of carbonyl (C=O) groups is 1. The molecule has 1 aromatic carbocycles. The van der Waals surface area contributed by atoms with Crippen molar-refractivity contribution < 1.29 is 18.0 Å². The first-order chi connectivity index (χ1) is 9.65. The summed E-state index contributed by atoms with van der Waals surface area (Å²) in [5.74, 6) is -0.558. The van der Waals surface area contributed by atoms with Crippen molar-refractivity contribution in [1.82, 2.24) is 0 Å². The molecule has 1 rings (SSSR count). The minimum absolute atomic E-state index is 0.0546. The monoisotopic (exact) mass is 322 g/mol. The Kier molecular flexibility index (Phi) is 6.04. The summed E-state index contributed by atoms with van der Waals surface area (Å²) in [5.41, 5.74) is 4.61. The Hall–Kier alpha value is -1.27. The molecule has 1 unspecified atom stereocenters. The van der Waals surface area contributed by atoms with E-state index in [2.05, 4.69) is 5.32 Å². The first-order valence-corrected chi connectivity index (χ1v) is 6.90. The molecule has 21 heavy (non-hydrogen) atoms. The molecule has 0 aliphatic carbocycles. The first-order valence-electron chi connectivity index (χ1n) is 6.52. The molecule has 0 fully saturated rings. The fourth-order valence-corrected chi connectivity index (χ4v) is 2.17. The minimum Gasteiger partial charge on any atom is -0.330 e. The summed E-state index contributed by atoms with van der Waals surface area (Å²) in [6, 6.07) is 3.27. The lowest BCUT2D eigenvalue weighted by molar-refractivity contribution is -0.137. The number of nitrogens with two attached hydrogens (primary N) is 1. The van der Waals surface area contributed by atoms with Gasteiger partial charge in [-0.25, -0.2) is 0 Å². The summed E-state index contributed by atoms with van der Waals surface area (Å²) in [6.07, 6.45) is -3.99. The van der Waals surface area contributed by atoms with Gasteiger partial charge in [-0.1, -0.05) is 25.4 Å². The molecule has 3 N–H and O–H groups in total. The Morgan fingerprint density at radius 3 is 2.48 bits per heavy atom. The van der Waals surface area contributed by atoms with E-state index >= 15 is 0 Å². The van der Waals surface area contributed by atoms with Crippen molar-refractivity contribution in [2.75, 3.05) is 11.9 Å². The summed E-state index contributed by atoms with van der Waals surface area (Å²) < 4.78 is 38.2. The molecule has 118 valence electrons. The summed E-state index contributed by atoms with van der Waals surface area (Å²) in [6.45, 7) is 4.03. The first kappa shape index (κ1) is 17.8. The average molecular weight is 323 g/mol. The third-order valence-corrected chi connectivity index (χ3v) is 3.28. The molecule has 0 spiro atoms. The average Bonchev–Trinajstić information content (AvgIpc) is 2.36. The van der Waals surface area contributed by atoms with Crippen LogP contribution in [-0.4, -0.2) is 12.5 Å². The third-order valence-electron chi connectivity index (χ3n) is 2.95. The number of amides is 1. The number of nitrogens with one attached hydrogen (secondary N) is 1. The van der Waals surface area contributed by atoms with Crippen LogP contribution in [0.3, 0.4) is 0 Å². The van der Waals surface area contributed by atoms with E-state index in [0.717, 1.165) is 12.1 Å². The van der Waals surface area contributed by atoms with Crippen LogP contribution in [0.4, 0.5) is 18.9 Å². The van der Waals surface area contributed by atoms with Crippen LogP contribution >= 0.6 is 11.6 Å². The van der Waals surface area contributed by atoms with Gasteiger partial charge in [-0.05, 0) is 30.5 Å². The quantitative estimate of drug-likeness (QED) is 0.863. The molecular weight excluding hydrogens is 305 g/mol. The lowest BCUT2D eigenvalue weighted by Gasteiger charge is -2.17. The Morgan fingerprint density at radius 1 is 1.38 bits per heavy atom. The minimum atomic E-state index is -4.57. The third kappa shape index (κ3) is 5.21. The molecule has 0 aromatic heterocycles. The second-order valence-corrected chi connectivity index (χ2v) is 5.65. The van der Waals surface area contributed by atoms with E-state index in [0.29, 0.717) is 6.42 Å². The van der Waals surface area contributed by atoms with Gasteiger partial charge in [0.15, 0.2) is 0 Å². The van der Waals surface area contributed by atoms with Crippen LogP contribution in [-0.2, 0) is 11.0 Å². The molecule has 3 nitrogen and oxygen atoms in total. The largest absolute Gasteiger partial charge is 0.417 e. The van der Waals surface area contributed by atoms with E-state index < -0.39 is 22.7 Å². The maximum absolute atomic E-state index is 12.7. The van der Waals surface area contributed by atoms with Crippen LogP contribution in [0.5, 0.6) is 0 Å². The predicted molar refractivity (Wildman–Crippen MR) is 77.1 cm³/mol. The number of carbonyl (C=O) groups excluding carboxylic acids is 1. The Bertz CT molecular complexity index is 503. The second-order valence-electron chi connectivity index (χ2n) is 5.24. The molecule has 1 amide bonds. The molecule has 7 heteroatoms. The highest BCUT2D eigenvalue weighted by molar-refractivity contribution is 6.31. The van der Waals surface area contributed by atoms with Crippen LogP contribution in [0.25, 0.3) is 0 Å². The molecule has 0 saturated carbocycles. The fraction of sp³-hybridized carbons (Fsp3) is 0.500. The van der Waals surface area contributed by atoms with Gasteiger partial charge in [0.05, 0.1) is 16.5 Å². The topological polar surface area (TPSA) is 55.1 Å². The second kappa shape index (κ2) is 7.13. The zero-order chi connectivity index (χ0) is 16.2. The molecule has 0 radical (unpaired) electrons. The van der Waals surface area contributed by atoms with Crippen LogP contribution in [0.1, 0.15) is 25.8 Å². The van der Waals surface area contributed by atoms with E-state index in [4.69, 9.17) is 17.3 Å². The van der Waals surface area contributed by atoms with Gasteiger partial charge in [0, 0.05) is 12.2 Å². The van der Waals surface area contributed by atoms with E-state index in [1.165, 1.54) is 6.07 Å². The highest BCUT2D eigenvalue weighted by Crippen LogP contribution is 2.36. The molecule has 1 aromatic rings. The van der Waals surface area contributed by atoms with Crippen LogP contribution in [0.2, 0.25) is 5.02 Å². The molecule has 0 bridgehead atoms. The van der Waals surface area contributed by atoms with Crippen molar-refractivity contribution in [3.8, 4) is 0 Å². The van der Waals surface area contributed by atoms with Crippen LogP contribution in [0.15, 0.2) is 18.2 Å². The van der Waals surface area contributed by atoms with Gasteiger partial charge >= 0.3 is 6.18 Å². The maximum Gasteiger partial charge on any atom is 0.417 e. The van der Waals surface area contributed by atoms with Gasteiger partial charge in [-0.15, -0.1) is 0 Å². The maximum atomic E-state index is 12.7. The van der Waals surface area contributed by atoms with E-state index in [-0.39, 0.29) is 24.1 Å². The van der Waals surface area contributed by atoms with Crippen molar-refractivity contribution in [3.05, 3.63) is 28.8 Å². The Labute approximate surface area is 126 Å². The van der Waals surface area contributed by atoms with Crippen molar-refractivity contribution in [2.45, 2.75) is 26.4 Å². The summed E-state index contributed by atoms with van der Waals surface area (Å²) in [5, 5.41) is 2.06. The number of alkyl halides is 3. The number of benzene rings is 1. The van der Waals surface area contributed by atoms with Crippen molar-refractivity contribution in [3.63, 3.8) is 0 Å². The van der Waals surface area contributed by atoms with Gasteiger partial charge < -0.3 is 11.1 Å². The van der Waals surface area contributed by atoms with E-state index in [9.17, 15) is 18.0 Å². The molecule has 0 aliphatic rings. The normalized spacial score (nSPS) is 13.3. The summed E-state index contributed by atoms with van der Waals surface area (Å²) in [7, 11) is 0. The lowest BCUT2D eigenvalue weighted by Crippen LogP contribution is -2.30. The predicted octanol–water partition coefficient (Wildman–Crippen LogP) is 3.92. The van der Waals surface area contributed by atoms with Gasteiger partial charge in [0.2, 0.25) is 5.91 Å². The summed E-state index contributed by atoms with van der Waals surface area (Å²) >= 11 is 5.52. The zero-order valence-corrected chi connectivity index (χ0v) is 12.6. The van der Waals surface area contributed by atoms with Gasteiger partial charge in [0.25, 0.3) is 0 Å². The number of hydrogen-bond donors (Lipinski definition) is 2. The van der Waals surface area contributed by atoms with E-state index in [1.807, 2.05) is 13.8 Å². The van der Waals surface area contributed by atoms with Gasteiger partial charge in [-0.2, -0.15) is 13.2 Å². The van der Waals surface area contributed by atoms with Crippen LogP contribution in [0, 0.1) is 11.8 Å². The number of halogens is 4. The Balaban J connectivity index is 2.90. The van der Waals surface area contributed by atoms with E-state index in [1.54, 1.807) is 0 Å². The summed E-state index contributed by atoms with van der Waals surface area (Å²) in [4.78, 5) is 12.0. The highest BCUT2D eigenvalue weighted by atomic mass is 35.5. The number of rotatable bonds is 5.